The molecular formula is C23H25ClN4O2. The molecule has 0 fully saturated rings. The number of amides is 2. The lowest BCUT2D eigenvalue weighted by Gasteiger charge is -2.10. The van der Waals surface area contributed by atoms with Crippen LogP contribution < -0.4 is 10.6 Å². The number of benzene rings is 2. The fourth-order valence-corrected chi connectivity index (χ4v) is 3.18. The molecule has 6 nitrogen and oxygen atoms in total. The minimum atomic E-state index is -0.129. The molecule has 0 atom stereocenters. The van der Waals surface area contributed by atoms with Gasteiger partial charge in [0.2, 0.25) is 11.8 Å². The van der Waals surface area contributed by atoms with E-state index in [1.165, 1.54) is 0 Å². The molecule has 30 heavy (non-hydrogen) atoms. The maximum absolute atomic E-state index is 12.6. The first-order valence-corrected chi connectivity index (χ1v) is 10.1. The average Bonchev–Trinajstić information content (AvgIpc) is 2.98. The molecule has 0 radical (unpaired) electrons. The molecule has 2 N–H and O–H groups in total. The van der Waals surface area contributed by atoms with Crippen LogP contribution in [0, 0.1) is 19.8 Å². The molecule has 0 unspecified atom stereocenters. The smallest absolute Gasteiger partial charge is 0.228 e. The van der Waals surface area contributed by atoms with E-state index >= 15 is 0 Å². The van der Waals surface area contributed by atoms with Crippen LogP contribution in [-0.4, -0.2) is 21.6 Å². The summed E-state index contributed by atoms with van der Waals surface area (Å²) in [6, 6.07) is 14.5. The summed E-state index contributed by atoms with van der Waals surface area (Å²) in [7, 11) is 0. The predicted octanol–water partition coefficient (Wildman–Crippen LogP) is 4.92. The molecule has 3 aromatic rings. The van der Waals surface area contributed by atoms with Crippen LogP contribution in [0.4, 0.5) is 11.4 Å². The normalized spacial score (nSPS) is 10.9. The first-order valence-electron chi connectivity index (χ1n) is 9.76. The Morgan fingerprint density at radius 2 is 1.53 bits per heavy atom. The Hall–Kier alpha value is -3.12. The summed E-state index contributed by atoms with van der Waals surface area (Å²) in [6.07, 6.45) is 0.219. The topological polar surface area (TPSA) is 76.0 Å². The number of aromatic nitrogens is 2. The monoisotopic (exact) mass is 424 g/mol. The molecule has 2 aromatic carbocycles. The number of nitrogens with one attached hydrogen (secondary N) is 2. The van der Waals surface area contributed by atoms with E-state index < -0.39 is 0 Å². The molecule has 0 saturated heterocycles. The predicted molar refractivity (Wildman–Crippen MR) is 120 cm³/mol. The van der Waals surface area contributed by atoms with Gasteiger partial charge in [0.15, 0.2) is 0 Å². The maximum atomic E-state index is 12.6. The van der Waals surface area contributed by atoms with E-state index in [1.807, 2.05) is 56.6 Å². The second-order valence-electron chi connectivity index (χ2n) is 7.48. The van der Waals surface area contributed by atoms with Gasteiger partial charge in [0, 0.05) is 33.6 Å². The standard InChI is InChI=1S/C23H25ClN4O2/c1-14(2)23(30)26-19-9-7-18(8-10-19)25-22(29)13-21-15(3)27-28(16(21)4)20-11-5-17(24)6-12-20/h5-12,14H,13H2,1-4H3,(H,25,29)(H,26,30). The third-order valence-electron chi connectivity index (χ3n) is 4.81. The molecule has 156 valence electrons. The number of hydrogen-bond donors (Lipinski definition) is 2. The molecule has 2 amide bonds. The molecule has 0 aliphatic carbocycles. The van der Waals surface area contributed by atoms with Crippen molar-refractivity contribution in [2.45, 2.75) is 34.1 Å². The third-order valence-corrected chi connectivity index (χ3v) is 5.06. The highest BCUT2D eigenvalue weighted by Gasteiger charge is 2.16. The molecule has 1 aromatic heterocycles. The van der Waals surface area contributed by atoms with Crippen molar-refractivity contribution in [3.63, 3.8) is 0 Å². The van der Waals surface area contributed by atoms with Crippen LogP contribution in [0.2, 0.25) is 5.02 Å². The van der Waals surface area contributed by atoms with Crippen LogP contribution in [0.1, 0.15) is 30.8 Å². The molecule has 0 bridgehead atoms. The Morgan fingerprint density at radius 1 is 0.967 bits per heavy atom. The van der Waals surface area contributed by atoms with Gasteiger partial charge in [0.05, 0.1) is 17.8 Å². The molecular weight excluding hydrogens is 400 g/mol. The van der Waals surface area contributed by atoms with Crippen molar-refractivity contribution in [2.75, 3.05) is 10.6 Å². The highest BCUT2D eigenvalue weighted by molar-refractivity contribution is 6.30. The van der Waals surface area contributed by atoms with Gasteiger partial charge in [-0.1, -0.05) is 25.4 Å². The zero-order valence-corrected chi connectivity index (χ0v) is 18.2. The summed E-state index contributed by atoms with van der Waals surface area (Å²) < 4.78 is 1.82. The minimum absolute atomic E-state index is 0.0459. The first-order chi connectivity index (χ1) is 14.2. The second kappa shape index (κ2) is 9.13. The van der Waals surface area contributed by atoms with Gasteiger partial charge in [0.1, 0.15) is 0 Å². The van der Waals surface area contributed by atoms with Crippen LogP contribution in [0.5, 0.6) is 0 Å². The van der Waals surface area contributed by atoms with Crippen molar-refractivity contribution in [1.82, 2.24) is 9.78 Å². The quantitative estimate of drug-likeness (QED) is 0.589. The lowest BCUT2D eigenvalue weighted by atomic mass is 10.1. The molecule has 0 saturated carbocycles. The van der Waals surface area contributed by atoms with Gasteiger partial charge < -0.3 is 10.6 Å². The number of aryl methyl sites for hydroxylation is 1. The van der Waals surface area contributed by atoms with Gasteiger partial charge in [-0.3, -0.25) is 9.59 Å². The van der Waals surface area contributed by atoms with Crippen molar-refractivity contribution in [3.05, 3.63) is 70.5 Å². The van der Waals surface area contributed by atoms with E-state index in [9.17, 15) is 9.59 Å². The molecule has 0 aliphatic heterocycles. The Kier molecular flexibility index (Phi) is 6.57. The highest BCUT2D eigenvalue weighted by Crippen LogP contribution is 2.21. The van der Waals surface area contributed by atoms with Crippen molar-refractivity contribution >= 4 is 34.8 Å². The number of hydrogen-bond acceptors (Lipinski definition) is 3. The van der Waals surface area contributed by atoms with Gasteiger partial charge in [0.25, 0.3) is 0 Å². The summed E-state index contributed by atoms with van der Waals surface area (Å²) in [5, 5.41) is 11.0. The Morgan fingerprint density at radius 3 is 2.10 bits per heavy atom. The maximum Gasteiger partial charge on any atom is 0.228 e. The summed E-state index contributed by atoms with van der Waals surface area (Å²) in [5.41, 5.74) is 4.88. The lowest BCUT2D eigenvalue weighted by Crippen LogP contribution is -2.18. The summed E-state index contributed by atoms with van der Waals surface area (Å²) >= 11 is 5.97. The van der Waals surface area contributed by atoms with Gasteiger partial charge in [-0.05, 0) is 62.4 Å². The van der Waals surface area contributed by atoms with E-state index in [2.05, 4.69) is 15.7 Å². The van der Waals surface area contributed by atoms with Crippen LogP contribution in [-0.2, 0) is 16.0 Å². The fourth-order valence-electron chi connectivity index (χ4n) is 3.05. The largest absolute Gasteiger partial charge is 0.326 e. The van der Waals surface area contributed by atoms with E-state index in [0.717, 1.165) is 22.6 Å². The van der Waals surface area contributed by atoms with Gasteiger partial charge >= 0.3 is 0 Å². The van der Waals surface area contributed by atoms with E-state index in [1.54, 1.807) is 24.3 Å². The highest BCUT2D eigenvalue weighted by atomic mass is 35.5. The van der Waals surface area contributed by atoms with Gasteiger partial charge in [-0.25, -0.2) is 4.68 Å². The van der Waals surface area contributed by atoms with Crippen LogP contribution in [0.15, 0.2) is 48.5 Å². The number of carbonyl (C=O) groups excluding carboxylic acids is 2. The molecule has 0 aliphatic rings. The zero-order chi connectivity index (χ0) is 21.8. The molecule has 3 rings (SSSR count). The molecule has 0 spiro atoms. The van der Waals surface area contributed by atoms with Crippen molar-refractivity contribution in [2.24, 2.45) is 5.92 Å². The van der Waals surface area contributed by atoms with E-state index in [0.29, 0.717) is 16.4 Å². The SMILES string of the molecule is Cc1nn(-c2ccc(Cl)cc2)c(C)c1CC(=O)Nc1ccc(NC(=O)C(C)C)cc1. The number of nitrogens with zero attached hydrogens (tertiary/aromatic N) is 2. The molecule has 7 heteroatoms. The minimum Gasteiger partial charge on any atom is -0.326 e. The molecule has 1 heterocycles. The zero-order valence-electron chi connectivity index (χ0n) is 17.5. The Labute approximate surface area is 181 Å². The van der Waals surface area contributed by atoms with Gasteiger partial charge in [-0.2, -0.15) is 5.10 Å². The number of halogens is 1. The average molecular weight is 425 g/mol. The Bertz CT molecular complexity index is 1050. The fraction of sp³-hybridized carbons (Fsp3) is 0.261. The number of rotatable bonds is 6. The number of carbonyl (C=O) groups is 2. The Balaban J connectivity index is 1.68. The van der Waals surface area contributed by atoms with Crippen LogP contribution >= 0.6 is 11.6 Å². The van der Waals surface area contributed by atoms with Crippen molar-refractivity contribution < 1.29 is 9.59 Å². The summed E-state index contributed by atoms with van der Waals surface area (Å²) in [6.45, 7) is 7.52. The number of anilines is 2. The first kappa shape index (κ1) is 21.6. The van der Waals surface area contributed by atoms with Crippen molar-refractivity contribution in [1.29, 1.82) is 0 Å². The van der Waals surface area contributed by atoms with E-state index in [4.69, 9.17) is 11.6 Å². The van der Waals surface area contributed by atoms with Crippen molar-refractivity contribution in [3.8, 4) is 5.69 Å². The summed E-state index contributed by atoms with van der Waals surface area (Å²) in [5.74, 6) is -0.268. The third kappa shape index (κ3) is 5.07. The second-order valence-corrected chi connectivity index (χ2v) is 7.92. The van der Waals surface area contributed by atoms with Gasteiger partial charge in [-0.15, -0.1) is 0 Å². The summed E-state index contributed by atoms with van der Waals surface area (Å²) in [4.78, 5) is 24.4. The van der Waals surface area contributed by atoms with E-state index in [-0.39, 0.29) is 24.2 Å². The lowest BCUT2D eigenvalue weighted by molar-refractivity contribution is -0.119. The van der Waals surface area contributed by atoms with Crippen LogP contribution in [0.25, 0.3) is 5.69 Å². The van der Waals surface area contributed by atoms with Crippen LogP contribution in [0.3, 0.4) is 0 Å².